The lowest BCUT2D eigenvalue weighted by atomic mass is 9.97. The maximum absolute atomic E-state index is 13.1. The Bertz CT molecular complexity index is 1510. The second-order valence-electron chi connectivity index (χ2n) is 8.40. The Morgan fingerprint density at radius 1 is 0.417 bits per heavy atom. The second-order valence-corrected chi connectivity index (χ2v) is 9.34. The minimum atomic E-state index is -0.433. The lowest BCUT2D eigenvalue weighted by Gasteiger charge is -2.15. The molecular weight excluding hydrogens is 492 g/mol. The molecule has 2 heterocycles. The molecule has 4 amide bonds. The lowest BCUT2D eigenvalue weighted by Crippen LogP contribution is -2.29. The van der Waals surface area contributed by atoms with Crippen molar-refractivity contribution in [3.63, 3.8) is 0 Å². The maximum Gasteiger partial charge on any atom is 0.266 e. The fourth-order valence-corrected chi connectivity index (χ4v) is 4.77. The van der Waals surface area contributed by atoms with Crippen molar-refractivity contribution in [3.8, 4) is 11.1 Å². The molecule has 0 N–H and O–H groups in total. The molecular formula is C28H14N2O4S2-2. The molecule has 0 aliphatic carbocycles. The normalized spacial score (nSPS) is 14.4. The average molecular weight is 507 g/mol. The van der Waals surface area contributed by atoms with Gasteiger partial charge in [0.05, 0.1) is 33.6 Å². The van der Waals surface area contributed by atoms with Crippen LogP contribution in [0.25, 0.3) is 11.1 Å². The molecule has 6 rings (SSSR count). The minimum Gasteiger partial charge on any atom is -0.780 e. The van der Waals surface area contributed by atoms with E-state index in [9.17, 15) is 19.2 Å². The summed E-state index contributed by atoms with van der Waals surface area (Å²) in [5.74, 6) is -1.68. The SMILES string of the molecule is O=C1c2ccc(-c3ccc4c(c3)C(=O)N(c3ccc([S-])cc3)C4=O)cc2C(=O)N1c1ccc([S-])cc1. The van der Waals surface area contributed by atoms with Gasteiger partial charge in [-0.1, -0.05) is 36.4 Å². The highest BCUT2D eigenvalue weighted by Crippen LogP contribution is 2.35. The second kappa shape index (κ2) is 8.08. The van der Waals surface area contributed by atoms with E-state index in [-0.39, 0.29) is 11.1 Å². The average Bonchev–Trinajstić information content (AvgIpc) is 3.29. The molecule has 0 fully saturated rings. The Labute approximate surface area is 217 Å². The first-order valence-electron chi connectivity index (χ1n) is 10.9. The highest BCUT2D eigenvalue weighted by Gasteiger charge is 2.38. The number of amides is 4. The summed E-state index contributed by atoms with van der Waals surface area (Å²) in [6.07, 6.45) is 0. The number of hydrogen-bond acceptors (Lipinski definition) is 6. The van der Waals surface area contributed by atoms with E-state index in [0.717, 1.165) is 9.80 Å². The van der Waals surface area contributed by atoms with E-state index in [4.69, 9.17) is 25.3 Å². The molecule has 0 aromatic heterocycles. The molecule has 2 aliphatic heterocycles. The van der Waals surface area contributed by atoms with Crippen molar-refractivity contribution in [1.29, 1.82) is 0 Å². The van der Waals surface area contributed by atoms with Gasteiger partial charge in [-0.05, 0) is 59.7 Å². The van der Waals surface area contributed by atoms with E-state index in [1.54, 1.807) is 84.9 Å². The third kappa shape index (κ3) is 3.30. The highest BCUT2D eigenvalue weighted by molar-refractivity contribution is 7.59. The standard InChI is InChI=1S/C28H16N2O4S2/c31-25-21-11-1-15(13-23(21)27(33)29(25)17-3-7-19(35)8-4-17)16-2-12-22-24(14-16)28(34)30(26(22)32)18-5-9-20(36)10-6-18/h1-14,35-36H/p-2. The Morgan fingerprint density at radius 2 is 0.750 bits per heavy atom. The molecule has 0 radical (unpaired) electrons. The molecule has 0 unspecified atom stereocenters. The van der Waals surface area contributed by atoms with Crippen LogP contribution in [0.3, 0.4) is 0 Å². The fourth-order valence-electron chi connectivity index (χ4n) is 4.50. The van der Waals surface area contributed by atoms with E-state index < -0.39 is 23.6 Å². The fraction of sp³-hybridized carbons (Fsp3) is 0. The number of carbonyl (C=O) groups excluding carboxylic acids is 4. The molecule has 36 heavy (non-hydrogen) atoms. The quantitative estimate of drug-likeness (QED) is 0.295. The van der Waals surface area contributed by atoms with Crippen molar-refractivity contribution in [2.45, 2.75) is 9.79 Å². The van der Waals surface area contributed by atoms with Crippen LogP contribution < -0.4 is 9.80 Å². The number of benzene rings is 4. The molecule has 174 valence electrons. The molecule has 6 nitrogen and oxygen atoms in total. The van der Waals surface area contributed by atoms with Crippen LogP contribution in [0, 0.1) is 0 Å². The first-order valence-corrected chi connectivity index (χ1v) is 11.8. The van der Waals surface area contributed by atoms with Crippen molar-refractivity contribution < 1.29 is 19.2 Å². The summed E-state index contributed by atoms with van der Waals surface area (Å²) in [6.45, 7) is 0. The van der Waals surface area contributed by atoms with Crippen molar-refractivity contribution >= 4 is 60.3 Å². The first-order chi connectivity index (χ1) is 17.3. The van der Waals surface area contributed by atoms with E-state index >= 15 is 0 Å². The zero-order valence-corrected chi connectivity index (χ0v) is 20.1. The van der Waals surface area contributed by atoms with Crippen LogP contribution in [-0.2, 0) is 25.3 Å². The predicted molar refractivity (Wildman–Crippen MR) is 138 cm³/mol. The van der Waals surface area contributed by atoms with Gasteiger partial charge in [0.2, 0.25) is 0 Å². The van der Waals surface area contributed by atoms with E-state index in [2.05, 4.69) is 0 Å². The molecule has 0 bridgehead atoms. The Kier molecular flexibility index (Phi) is 4.96. The van der Waals surface area contributed by atoms with Crippen molar-refractivity contribution in [2.24, 2.45) is 0 Å². The Balaban J connectivity index is 1.35. The van der Waals surface area contributed by atoms with Gasteiger partial charge in [-0.3, -0.25) is 19.2 Å². The number of rotatable bonds is 3. The van der Waals surface area contributed by atoms with E-state index in [1.165, 1.54) is 0 Å². The predicted octanol–water partition coefficient (Wildman–Crippen LogP) is 4.77. The summed E-state index contributed by atoms with van der Waals surface area (Å²) < 4.78 is 0. The molecule has 0 spiro atoms. The zero-order chi connectivity index (χ0) is 25.1. The van der Waals surface area contributed by atoms with Crippen molar-refractivity contribution in [1.82, 2.24) is 0 Å². The van der Waals surface area contributed by atoms with Crippen LogP contribution in [-0.4, -0.2) is 23.6 Å². The number of hydrogen-bond donors (Lipinski definition) is 0. The van der Waals surface area contributed by atoms with Crippen LogP contribution in [0.15, 0.2) is 94.7 Å². The van der Waals surface area contributed by atoms with Crippen LogP contribution in [0.1, 0.15) is 41.4 Å². The molecule has 0 saturated heterocycles. The summed E-state index contributed by atoms with van der Waals surface area (Å²) in [7, 11) is 0. The zero-order valence-electron chi connectivity index (χ0n) is 18.4. The highest BCUT2D eigenvalue weighted by atomic mass is 32.1. The topological polar surface area (TPSA) is 74.8 Å². The van der Waals surface area contributed by atoms with Gasteiger partial charge in [0.25, 0.3) is 23.6 Å². The molecule has 2 aliphatic rings. The minimum absolute atomic E-state index is 0.272. The van der Waals surface area contributed by atoms with Gasteiger partial charge in [-0.2, -0.15) is 9.79 Å². The summed E-state index contributed by atoms with van der Waals surface area (Å²) in [4.78, 5) is 55.7. The summed E-state index contributed by atoms with van der Waals surface area (Å²) in [6, 6.07) is 23.2. The maximum atomic E-state index is 13.1. The molecule has 4 aromatic carbocycles. The van der Waals surface area contributed by atoms with Gasteiger partial charge >= 0.3 is 0 Å². The molecule has 8 heteroatoms. The monoisotopic (exact) mass is 506 g/mol. The van der Waals surface area contributed by atoms with Crippen LogP contribution in [0.4, 0.5) is 11.4 Å². The van der Waals surface area contributed by atoms with Crippen LogP contribution in [0.5, 0.6) is 0 Å². The van der Waals surface area contributed by atoms with Gasteiger partial charge in [0, 0.05) is 0 Å². The van der Waals surface area contributed by atoms with Gasteiger partial charge < -0.3 is 25.3 Å². The Hall–Kier alpha value is -4.40. The van der Waals surface area contributed by atoms with Crippen molar-refractivity contribution in [2.75, 3.05) is 9.80 Å². The third-order valence-electron chi connectivity index (χ3n) is 6.30. The van der Waals surface area contributed by atoms with Crippen LogP contribution in [0.2, 0.25) is 0 Å². The largest absolute Gasteiger partial charge is 0.780 e. The Morgan fingerprint density at radius 3 is 1.11 bits per heavy atom. The molecule has 0 saturated carbocycles. The first kappa shape index (κ1) is 22.1. The number of carbonyl (C=O) groups is 4. The summed E-state index contributed by atoms with van der Waals surface area (Å²) in [5.41, 5.74) is 3.33. The summed E-state index contributed by atoms with van der Waals surface area (Å²) in [5, 5.41) is 0. The van der Waals surface area contributed by atoms with E-state index in [1.807, 2.05) is 0 Å². The molecule has 0 atom stereocenters. The molecule has 4 aromatic rings. The van der Waals surface area contributed by atoms with Gasteiger partial charge in [-0.25, -0.2) is 9.80 Å². The number of fused-ring (bicyclic) bond motifs is 2. The van der Waals surface area contributed by atoms with Crippen molar-refractivity contribution in [3.05, 3.63) is 107 Å². The van der Waals surface area contributed by atoms with E-state index in [0.29, 0.717) is 43.4 Å². The van der Waals surface area contributed by atoms with Gasteiger partial charge in [0.15, 0.2) is 0 Å². The number of nitrogens with zero attached hydrogens (tertiary/aromatic N) is 2. The van der Waals surface area contributed by atoms with Gasteiger partial charge in [-0.15, -0.1) is 0 Å². The smallest absolute Gasteiger partial charge is 0.266 e. The lowest BCUT2D eigenvalue weighted by molar-refractivity contribution is 0.0910. The number of imide groups is 2. The third-order valence-corrected chi connectivity index (χ3v) is 6.84. The van der Waals surface area contributed by atoms with Gasteiger partial charge in [0.1, 0.15) is 0 Å². The summed E-state index contributed by atoms with van der Waals surface area (Å²) >= 11 is 10.2. The number of anilines is 2. The van der Waals surface area contributed by atoms with Crippen LogP contribution >= 0.6 is 0 Å².